The highest BCUT2D eigenvalue weighted by Gasteiger charge is 2.38. The monoisotopic (exact) mass is 273 g/mol. The first-order valence-corrected chi connectivity index (χ1v) is 7.54. The van der Waals surface area contributed by atoms with E-state index < -0.39 is 0 Å². The maximum absolute atomic E-state index is 5.18. The smallest absolute Gasteiger partial charge is 0.215 e. The van der Waals surface area contributed by atoms with E-state index in [4.69, 9.17) is 9.72 Å². The van der Waals surface area contributed by atoms with E-state index in [2.05, 4.69) is 23.8 Å². The maximum Gasteiger partial charge on any atom is 0.215 e. The number of hydrogen-bond donors (Lipinski definition) is 1. The summed E-state index contributed by atoms with van der Waals surface area (Å²) in [4.78, 5) is 12.7. The van der Waals surface area contributed by atoms with Crippen molar-refractivity contribution in [3.8, 4) is 5.88 Å². The third kappa shape index (κ3) is 2.28. The first-order valence-electron chi connectivity index (χ1n) is 7.54. The minimum atomic E-state index is 0.224. The molecule has 2 heterocycles. The van der Waals surface area contributed by atoms with Crippen LogP contribution in [-0.2, 0) is 5.41 Å². The van der Waals surface area contributed by atoms with Crippen LogP contribution in [0.4, 0.5) is 0 Å². The van der Waals surface area contributed by atoms with E-state index in [1.54, 1.807) is 7.11 Å². The van der Waals surface area contributed by atoms with Crippen molar-refractivity contribution in [2.45, 2.75) is 51.4 Å². The molecule has 0 atom stereocenters. The predicted octanol–water partition coefficient (Wildman–Crippen LogP) is 3.82. The molecule has 0 spiro atoms. The molecule has 0 bridgehead atoms. The van der Waals surface area contributed by atoms with Gasteiger partial charge in [-0.15, -0.1) is 0 Å². The molecule has 20 heavy (non-hydrogen) atoms. The van der Waals surface area contributed by atoms with Crippen LogP contribution in [0.2, 0.25) is 0 Å². The first kappa shape index (κ1) is 13.4. The molecule has 4 nitrogen and oxygen atoms in total. The number of imidazole rings is 1. The zero-order chi connectivity index (χ0) is 14.2. The summed E-state index contributed by atoms with van der Waals surface area (Å²) in [7, 11) is 1.64. The first-order chi connectivity index (χ1) is 9.63. The van der Waals surface area contributed by atoms with Gasteiger partial charge >= 0.3 is 0 Å². The van der Waals surface area contributed by atoms with E-state index in [9.17, 15) is 0 Å². The molecule has 0 aromatic carbocycles. The third-order valence-electron chi connectivity index (χ3n) is 4.39. The molecule has 1 fully saturated rings. The van der Waals surface area contributed by atoms with Crippen molar-refractivity contribution in [3.63, 3.8) is 0 Å². The van der Waals surface area contributed by atoms with Gasteiger partial charge in [-0.05, 0) is 31.2 Å². The minimum absolute atomic E-state index is 0.224. The third-order valence-corrected chi connectivity index (χ3v) is 4.39. The highest BCUT2D eigenvalue weighted by molar-refractivity contribution is 5.71. The van der Waals surface area contributed by atoms with Gasteiger partial charge in [0.05, 0.1) is 12.6 Å². The van der Waals surface area contributed by atoms with E-state index in [0.29, 0.717) is 11.8 Å². The van der Waals surface area contributed by atoms with Crippen LogP contribution in [0.15, 0.2) is 12.1 Å². The van der Waals surface area contributed by atoms with E-state index >= 15 is 0 Å². The molecule has 1 aliphatic rings. The lowest BCUT2D eigenvalue weighted by atomic mass is 9.78. The Labute approximate surface area is 120 Å². The number of aromatic nitrogens is 3. The standard InChI is InChI=1S/C16H23N3O/c1-11(2)10-16(8-4-5-9-16)15-17-12-6-7-13(20-3)18-14(12)19-15/h6-7,11H,4-5,8-10H2,1-3H3,(H,17,18,19). The number of methoxy groups -OCH3 is 1. The van der Waals surface area contributed by atoms with Gasteiger partial charge in [-0.2, -0.15) is 4.98 Å². The number of ether oxygens (including phenoxy) is 1. The molecule has 0 aliphatic heterocycles. The fourth-order valence-electron chi connectivity index (χ4n) is 3.61. The summed E-state index contributed by atoms with van der Waals surface area (Å²) in [6.07, 6.45) is 6.29. The number of nitrogens with zero attached hydrogens (tertiary/aromatic N) is 2. The second-order valence-electron chi connectivity index (χ2n) is 6.40. The van der Waals surface area contributed by atoms with Gasteiger partial charge in [0.25, 0.3) is 0 Å². The van der Waals surface area contributed by atoms with Crippen LogP contribution in [0.3, 0.4) is 0 Å². The molecule has 1 saturated carbocycles. The van der Waals surface area contributed by atoms with Gasteiger partial charge in [-0.1, -0.05) is 26.7 Å². The average Bonchev–Trinajstić information content (AvgIpc) is 3.03. The summed E-state index contributed by atoms with van der Waals surface area (Å²) in [6, 6.07) is 3.89. The number of rotatable bonds is 4. The summed E-state index contributed by atoms with van der Waals surface area (Å²) in [5.41, 5.74) is 2.01. The Morgan fingerprint density at radius 2 is 2.00 bits per heavy atom. The van der Waals surface area contributed by atoms with E-state index in [-0.39, 0.29) is 5.41 Å². The maximum atomic E-state index is 5.18. The Balaban J connectivity index is 2.02. The van der Waals surface area contributed by atoms with Crippen molar-refractivity contribution in [2.24, 2.45) is 5.92 Å². The number of H-pyrrole nitrogens is 1. The van der Waals surface area contributed by atoms with Crippen LogP contribution >= 0.6 is 0 Å². The number of hydrogen-bond acceptors (Lipinski definition) is 3. The average molecular weight is 273 g/mol. The van der Waals surface area contributed by atoms with Crippen LogP contribution in [0.1, 0.15) is 51.8 Å². The molecule has 0 saturated heterocycles. The molecule has 1 N–H and O–H groups in total. The van der Waals surface area contributed by atoms with Crippen LogP contribution in [0.25, 0.3) is 11.2 Å². The van der Waals surface area contributed by atoms with Crippen molar-refractivity contribution in [1.29, 1.82) is 0 Å². The molecule has 4 heteroatoms. The van der Waals surface area contributed by atoms with Crippen LogP contribution in [0, 0.1) is 5.92 Å². The Bertz CT molecular complexity index is 597. The van der Waals surface area contributed by atoms with Crippen LogP contribution in [0.5, 0.6) is 5.88 Å². The van der Waals surface area contributed by atoms with E-state index in [1.807, 2.05) is 12.1 Å². The van der Waals surface area contributed by atoms with Gasteiger partial charge in [0, 0.05) is 11.5 Å². The second kappa shape index (κ2) is 5.08. The molecular formula is C16H23N3O. The van der Waals surface area contributed by atoms with Crippen molar-refractivity contribution < 1.29 is 4.74 Å². The van der Waals surface area contributed by atoms with Crippen LogP contribution in [-0.4, -0.2) is 22.1 Å². The van der Waals surface area contributed by atoms with Gasteiger partial charge in [0.15, 0.2) is 5.65 Å². The molecule has 3 rings (SSSR count). The largest absolute Gasteiger partial charge is 0.481 e. The second-order valence-corrected chi connectivity index (χ2v) is 6.40. The summed E-state index contributed by atoms with van der Waals surface area (Å²) in [6.45, 7) is 4.59. The topological polar surface area (TPSA) is 50.8 Å². The molecule has 0 amide bonds. The minimum Gasteiger partial charge on any atom is -0.481 e. The number of pyridine rings is 1. The van der Waals surface area contributed by atoms with Crippen molar-refractivity contribution >= 4 is 11.2 Å². The Morgan fingerprint density at radius 3 is 2.65 bits per heavy atom. The quantitative estimate of drug-likeness (QED) is 0.921. The molecule has 108 valence electrons. The van der Waals surface area contributed by atoms with Gasteiger partial charge in [-0.25, -0.2) is 4.98 Å². The lowest BCUT2D eigenvalue weighted by molar-refractivity contribution is 0.331. The number of fused-ring (bicyclic) bond motifs is 1. The molecular weight excluding hydrogens is 250 g/mol. The Morgan fingerprint density at radius 1 is 1.25 bits per heavy atom. The van der Waals surface area contributed by atoms with Gasteiger partial charge in [0.1, 0.15) is 5.82 Å². The molecule has 0 unspecified atom stereocenters. The number of nitrogens with one attached hydrogen (secondary N) is 1. The van der Waals surface area contributed by atoms with Gasteiger partial charge in [-0.3, -0.25) is 0 Å². The van der Waals surface area contributed by atoms with Gasteiger partial charge in [0.2, 0.25) is 5.88 Å². The van der Waals surface area contributed by atoms with Gasteiger partial charge < -0.3 is 9.72 Å². The Kier molecular flexibility index (Phi) is 3.40. The summed E-state index contributed by atoms with van der Waals surface area (Å²) in [5.74, 6) is 2.43. The molecule has 2 aromatic rings. The summed E-state index contributed by atoms with van der Waals surface area (Å²) < 4.78 is 5.18. The van der Waals surface area contributed by atoms with E-state index in [0.717, 1.165) is 17.0 Å². The van der Waals surface area contributed by atoms with Crippen LogP contribution < -0.4 is 4.74 Å². The zero-order valence-electron chi connectivity index (χ0n) is 12.6. The summed E-state index contributed by atoms with van der Waals surface area (Å²) in [5, 5.41) is 0. The van der Waals surface area contributed by atoms with Crippen molar-refractivity contribution in [3.05, 3.63) is 18.0 Å². The lowest BCUT2D eigenvalue weighted by Gasteiger charge is -2.28. The normalized spacial score (nSPS) is 18.0. The fourth-order valence-corrected chi connectivity index (χ4v) is 3.61. The highest BCUT2D eigenvalue weighted by Crippen LogP contribution is 2.44. The fraction of sp³-hybridized carbons (Fsp3) is 0.625. The highest BCUT2D eigenvalue weighted by atomic mass is 16.5. The van der Waals surface area contributed by atoms with Crippen molar-refractivity contribution in [1.82, 2.24) is 15.0 Å². The number of aromatic amines is 1. The SMILES string of the molecule is COc1ccc2[nH]c(C3(CC(C)C)CCCC3)nc2n1. The lowest BCUT2D eigenvalue weighted by Crippen LogP contribution is -2.25. The molecule has 1 aliphatic carbocycles. The zero-order valence-corrected chi connectivity index (χ0v) is 12.6. The van der Waals surface area contributed by atoms with E-state index in [1.165, 1.54) is 32.1 Å². The van der Waals surface area contributed by atoms with Crippen molar-refractivity contribution in [2.75, 3.05) is 7.11 Å². The molecule has 2 aromatic heterocycles. The Hall–Kier alpha value is -1.58. The molecule has 0 radical (unpaired) electrons. The summed E-state index contributed by atoms with van der Waals surface area (Å²) >= 11 is 0. The predicted molar refractivity (Wildman–Crippen MR) is 80.0 cm³/mol.